The average Bonchev–Trinajstić information content (AvgIpc) is 2.97. The van der Waals surface area contributed by atoms with E-state index in [1.54, 1.807) is 68.4 Å². The van der Waals surface area contributed by atoms with Crippen molar-refractivity contribution in [1.29, 1.82) is 0 Å². The van der Waals surface area contributed by atoms with Crippen molar-refractivity contribution in [2.75, 3.05) is 5.32 Å². The molecule has 0 heterocycles. The molecule has 0 aliphatic carbocycles. The molecule has 3 N–H and O–H groups in total. The van der Waals surface area contributed by atoms with Crippen molar-refractivity contribution in [1.82, 2.24) is 0 Å². The summed E-state index contributed by atoms with van der Waals surface area (Å²) in [4.78, 5) is 61.0. The molecule has 9 heteroatoms. The number of carboxylic acids is 2. The predicted molar refractivity (Wildman–Crippen MR) is 155 cm³/mol. The summed E-state index contributed by atoms with van der Waals surface area (Å²) in [7, 11) is 0. The molecule has 1 amide bonds. The second-order valence-electron chi connectivity index (χ2n) is 9.52. The van der Waals surface area contributed by atoms with Gasteiger partial charge in [-0.25, -0.2) is 9.59 Å². The maximum absolute atomic E-state index is 13.0. The number of ether oxygens (including phenoxy) is 1. The number of ketones is 2. The largest absolute Gasteiger partial charge is 0.478 e. The molecule has 0 saturated heterocycles. The van der Waals surface area contributed by atoms with E-state index >= 15 is 0 Å². The Balaban J connectivity index is 1.44. The predicted octanol–water partition coefficient (Wildman–Crippen LogP) is 6.45. The summed E-state index contributed by atoms with van der Waals surface area (Å²) in [5.41, 5.74) is 2.17. The van der Waals surface area contributed by atoms with Crippen LogP contribution in [0.15, 0.2) is 84.9 Å². The van der Waals surface area contributed by atoms with Gasteiger partial charge in [-0.2, -0.15) is 0 Å². The van der Waals surface area contributed by atoms with Crippen molar-refractivity contribution < 1.29 is 38.9 Å². The summed E-state index contributed by atoms with van der Waals surface area (Å²) in [6, 6.07) is 21.8. The van der Waals surface area contributed by atoms with Crippen LogP contribution in [0.25, 0.3) is 0 Å². The third-order valence-corrected chi connectivity index (χ3v) is 6.46. The molecule has 0 saturated carbocycles. The molecule has 4 rings (SSSR count). The lowest BCUT2D eigenvalue weighted by Gasteiger charge is -2.11. The molecule has 0 radical (unpaired) electrons. The van der Waals surface area contributed by atoms with Crippen LogP contribution >= 0.6 is 0 Å². The van der Waals surface area contributed by atoms with Crippen LogP contribution in [0.4, 0.5) is 5.69 Å². The molecule has 0 unspecified atom stereocenters. The van der Waals surface area contributed by atoms with Crippen LogP contribution in [0, 0.1) is 6.92 Å². The Bertz CT molecular complexity index is 1710. The fourth-order valence-electron chi connectivity index (χ4n) is 4.29. The van der Waals surface area contributed by atoms with Gasteiger partial charge in [0.1, 0.15) is 11.5 Å². The van der Waals surface area contributed by atoms with Crippen LogP contribution in [0.1, 0.15) is 76.3 Å². The molecule has 0 atom stereocenters. The number of Topliss-reactive ketones (excluding diaryl/α,β-unsaturated/α-hetero) is 2. The zero-order valence-electron chi connectivity index (χ0n) is 22.8. The summed E-state index contributed by atoms with van der Waals surface area (Å²) in [5.74, 6) is -2.87. The van der Waals surface area contributed by atoms with Crippen molar-refractivity contribution in [3.8, 4) is 11.5 Å². The van der Waals surface area contributed by atoms with Crippen LogP contribution in [-0.4, -0.2) is 39.6 Å². The maximum Gasteiger partial charge on any atom is 0.336 e. The second kappa shape index (κ2) is 12.7. The number of hydrogen-bond donors (Lipinski definition) is 3. The Kier molecular flexibility index (Phi) is 8.92. The van der Waals surface area contributed by atoms with Crippen LogP contribution < -0.4 is 10.1 Å². The Hall–Kier alpha value is -5.57. The van der Waals surface area contributed by atoms with E-state index in [1.165, 1.54) is 30.3 Å². The number of nitrogens with one attached hydrogen (secondary N) is 1. The van der Waals surface area contributed by atoms with Gasteiger partial charge in [0, 0.05) is 29.7 Å². The lowest BCUT2D eigenvalue weighted by Crippen LogP contribution is -2.16. The molecule has 0 fully saturated rings. The summed E-state index contributed by atoms with van der Waals surface area (Å²) < 4.78 is 5.83. The number of carboxylic acid groups (broad SMARTS) is 2. The molecule has 0 spiro atoms. The van der Waals surface area contributed by atoms with E-state index in [0.29, 0.717) is 22.6 Å². The highest BCUT2D eigenvalue weighted by Crippen LogP contribution is 2.26. The van der Waals surface area contributed by atoms with Crippen molar-refractivity contribution in [2.24, 2.45) is 0 Å². The Labute approximate surface area is 241 Å². The molecule has 0 aliphatic rings. The molecule has 0 aromatic heterocycles. The van der Waals surface area contributed by atoms with E-state index in [9.17, 15) is 34.2 Å². The molecule has 4 aromatic rings. The first-order chi connectivity index (χ1) is 20.0. The molecule has 42 heavy (non-hydrogen) atoms. The molecule has 4 aromatic carbocycles. The lowest BCUT2D eigenvalue weighted by molar-refractivity contribution is 0.0683. The average molecular weight is 566 g/mol. The Morgan fingerprint density at radius 3 is 2.00 bits per heavy atom. The highest BCUT2D eigenvalue weighted by molar-refractivity contribution is 6.11. The highest BCUT2D eigenvalue weighted by atomic mass is 16.5. The van der Waals surface area contributed by atoms with Gasteiger partial charge in [-0.1, -0.05) is 42.8 Å². The van der Waals surface area contributed by atoms with Gasteiger partial charge in [-0.05, 0) is 67.1 Å². The van der Waals surface area contributed by atoms with Crippen molar-refractivity contribution in [2.45, 2.75) is 26.7 Å². The first-order valence-electron chi connectivity index (χ1n) is 13.0. The van der Waals surface area contributed by atoms with Crippen LogP contribution in [0.2, 0.25) is 0 Å². The lowest BCUT2D eigenvalue weighted by atomic mass is 10.0. The number of anilines is 1. The number of hydrogen-bond acceptors (Lipinski definition) is 6. The number of aryl methyl sites for hydroxylation is 1. The number of carbonyl (C=O) groups excluding carboxylic acids is 3. The SMILES string of the molecule is CCC(=O)c1cc(Oc2cccc(C(=O)Cc3ccc(NC(=O)c4cc(C)ccc4C(=O)O)cc3)c2)ccc1C(=O)O. The first kappa shape index (κ1) is 29.4. The molecular formula is C33H27NO8. The Morgan fingerprint density at radius 2 is 1.33 bits per heavy atom. The minimum absolute atomic E-state index is 0.0508. The van der Waals surface area contributed by atoms with E-state index in [4.69, 9.17) is 4.74 Å². The van der Waals surface area contributed by atoms with E-state index in [1.807, 2.05) is 0 Å². The van der Waals surface area contributed by atoms with Gasteiger partial charge in [0.15, 0.2) is 11.6 Å². The monoisotopic (exact) mass is 565 g/mol. The van der Waals surface area contributed by atoms with Crippen molar-refractivity contribution in [3.63, 3.8) is 0 Å². The standard InChI is InChI=1S/C33H27NO8/c1-3-29(35)27-18-24(12-14-25(27)32(38)39)42-23-6-4-5-21(17-23)30(36)16-20-8-10-22(11-9-20)34-31(37)28-15-19(2)7-13-26(28)33(40)41/h4-15,17-18H,3,16H2,1-2H3,(H,34,37)(H,38,39)(H,40,41). The molecule has 0 aliphatic heterocycles. The fourth-order valence-corrected chi connectivity index (χ4v) is 4.29. The molecule has 0 bridgehead atoms. The molecule has 212 valence electrons. The van der Waals surface area contributed by atoms with Crippen LogP contribution in [0.5, 0.6) is 11.5 Å². The van der Waals surface area contributed by atoms with Gasteiger partial charge in [0.2, 0.25) is 0 Å². The Morgan fingerprint density at radius 1 is 0.690 bits per heavy atom. The zero-order valence-corrected chi connectivity index (χ0v) is 22.8. The van der Waals surface area contributed by atoms with Gasteiger partial charge in [0.05, 0.1) is 16.7 Å². The number of rotatable bonds is 11. The van der Waals surface area contributed by atoms with Gasteiger partial charge in [-0.15, -0.1) is 0 Å². The minimum Gasteiger partial charge on any atom is -0.478 e. The van der Waals surface area contributed by atoms with E-state index in [-0.39, 0.29) is 52.4 Å². The third-order valence-electron chi connectivity index (χ3n) is 6.46. The topological polar surface area (TPSA) is 147 Å². The molecule has 9 nitrogen and oxygen atoms in total. The first-order valence-corrected chi connectivity index (χ1v) is 13.0. The summed E-state index contributed by atoms with van der Waals surface area (Å²) in [5, 5.41) is 21.5. The quantitative estimate of drug-likeness (QED) is 0.176. The smallest absolute Gasteiger partial charge is 0.336 e. The third kappa shape index (κ3) is 6.95. The number of aromatic carboxylic acids is 2. The summed E-state index contributed by atoms with van der Waals surface area (Å²) in [6.07, 6.45) is 0.209. The van der Waals surface area contributed by atoms with Gasteiger partial charge in [0.25, 0.3) is 5.91 Å². The zero-order chi connectivity index (χ0) is 30.4. The maximum atomic E-state index is 13.0. The number of benzene rings is 4. The van der Waals surface area contributed by atoms with Crippen molar-refractivity contribution >= 4 is 35.1 Å². The van der Waals surface area contributed by atoms with Gasteiger partial charge >= 0.3 is 11.9 Å². The van der Waals surface area contributed by atoms with E-state index < -0.39 is 17.8 Å². The van der Waals surface area contributed by atoms with Crippen LogP contribution in [0.3, 0.4) is 0 Å². The minimum atomic E-state index is -1.21. The van der Waals surface area contributed by atoms with Crippen LogP contribution in [-0.2, 0) is 6.42 Å². The number of amides is 1. The van der Waals surface area contributed by atoms with E-state index in [0.717, 1.165) is 5.56 Å². The fraction of sp³-hybridized carbons (Fsp3) is 0.121. The normalized spacial score (nSPS) is 10.5. The van der Waals surface area contributed by atoms with Gasteiger partial charge < -0.3 is 20.3 Å². The summed E-state index contributed by atoms with van der Waals surface area (Å²) in [6.45, 7) is 3.41. The highest BCUT2D eigenvalue weighted by Gasteiger charge is 2.18. The molecular weight excluding hydrogens is 538 g/mol. The van der Waals surface area contributed by atoms with E-state index in [2.05, 4.69) is 5.32 Å². The van der Waals surface area contributed by atoms with Crippen molar-refractivity contribution in [3.05, 3.63) is 124 Å². The second-order valence-corrected chi connectivity index (χ2v) is 9.52. The van der Waals surface area contributed by atoms with Gasteiger partial charge in [-0.3, -0.25) is 14.4 Å². The summed E-state index contributed by atoms with van der Waals surface area (Å²) >= 11 is 0. The number of carbonyl (C=O) groups is 5.